The Morgan fingerprint density at radius 1 is 1.27 bits per heavy atom. The molecule has 0 atom stereocenters. The van der Waals surface area contributed by atoms with Crippen molar-refractivity contribution < 1.29 is 21.6 Å². The molecule has 6 nitrogen and oxygen atoms in total. The van der Waals surface area contributed by atoms with Gasteiger partial charge in [0.2, 0.25) is 0 Å². The Balaban J connectivity index is 2.05. The van der Waals surface area contributed by atoms with Gasteiger partial charge < -0.3 is 0 Å². The standard InChI is InChI=1S/C15H8ClF3N4O2S/c16-9-2-4-23-13(7-21-15(23)14(9)19)26(24,25)22-12-6-10(17)8(1-3-20)5-11(12)18/h2,4-7,22H,1H2. The summed E-state index contributed by atoms with van der Waals surface area (Å²) in [7, 11) is -4.42. The molecule has 11 heteroatoms. The Morgan fingerprint density at radius 2 is 2.00 bits per heavy atom. The molecule has 1 N–H and O–H groups in total. The van der Waals surface area contributed by atoms with Gasteiger partial charge in [-0.25, -0.2) is 18.2 Å². The minimum atomic E-state index is -4.42. The Morgan fingerprint density at radius 3 is 2.69 bits per heavy atom. The van der Waals surface area contributed by atoms with E-state index in [1.807, 2.05) is 4.72 Å². The van der Waals surface area contributed by atoms with Gasteiger partial charge in [0.1, 0.15) is 11.6 Å². The van der Waals surface area contributed by atoms with Crippen LogP contribution in [0.5, 0.6) is 0 Å². The number of pyridine rings is 1. The number of nitrogens with zero attached hydrogens (tertiary/aromatic N) is 3. The number of imidazole rings is 1. The molecule has 0 saturated heterocycles. The smallest absolute Gasteiger partial charge is 0.279 e. The fraction of sp³-hybridized carbons (Fsp3) is 0.0667. The van der Waals surface area contributed by atoms with Crippen LogP contribution < -0.4 is 4.72 Å². The highest BCUT2D eigenvalue weighted by molar-refractivity contribution is 7.92. The molecule has 0 amide bonds. The molecular weight excluding hydrogens is 393 g/mol. The van der Waals surface area contributed by atoms with Crippen molar-refractivity contribution in [3.63, 3.8) is 0 Å². The fourth-order valence-corrected chi connectivity index (χ4v) is 3.54. The molecule has 0 spiro atoms. The molecule has 3 aromatic rings. The minimum Gasteiger partial charge on any atom is -0.286 e. The molecular formula is C15H8ClF3N4O2S. The van der Waals surface area contributed by atoms with Gasteiger partial charge >= 0.3 is 0 Å². The second-order valence-corrected chi connectivity index (χ2v) is 7.17. The first-order chi connectivity index (χ1) is 12.2. The van der Waals surface area contributed by atoms with Crippen LogP contribution in [0.15, 0.2) is 35.6 Å². The van der Waals surface area contributed by atoms with Crippen molar-refractivity contribution in [2.45, 2.75) is 11.4 Å². The van der Waals surface area contributed by atoms with Gasteiger partial charge in [-0.05, 0) is 12.1 Å². The van der Waals surface area contributed by atoms with Gasteiger partial charge in [0.15, 0.2) is 16.5 Å². The highest BCUT2D eigenvalue weighted by atomic mass is 35.5. The first-order valence-electron chi connectivity index (χ1n) is 6.93. The number of anilines is 1. The molecule has 0 unspecified atom stereocenters. The van der Waals surface area contributed by atoms with Crippen molar-refractivity contribution in [3.05, 3.63) is 58.6 Å². The van der Waals surface area contributed by atoms with E-state index in [1.54, 1.807) is 6.07 Å². The van der Waals surface area contributed by atoms with E-state index in [0.717, 1.165) is 22.7 Å². The van der Waals surface area contributed by atoms with Crippen LogP contribution in [-0.2, 0) is 16.4 Å². The Kier molecular flexibility index (Phi) is 4.52. The number of nitrogens with one attached hydrogen (secondary N) is 1. The van der Waals surface area contributed by atoms with Gasteiger partial charge in [-0.3, -0.25) is 9.12 Å². The average molecular weight is 401 g/mol. The summed E-state index contributed by atoms with van der Waals surface area (Å²) in [6.07, 6.45) is 1.66. The molecule has 26 heavy (non-hydrogen) atoms. The maximum absolute atomic E-state index is 14.1. The number of sulfonamides is 1. The average Bonchev–Trinajstić information content (AvgIpc) is 3.01. The van der Waals surface area contributed by atoms with Crippen LogP contribution in [0.2, 0.25) is 5.02 Å². The molecule has 0 bridgehead atoms. The number of aromatic nitrogens is 2. The van der Waals surface area contributed by atoms with E-state index in [4.69, 9.17) is 16.9 Å². The molecule has 0 radical (unpaired) electrons. The molecule has 2 aromatic heterocycles. The topological polar surface area (TPSA) is 87.3 Å². The number of benzene rings is 1. The first-order valence-corrected chi connectivity index (χ1v) is 8.79. The lowest BCUT2D eigenvalue weighted by Crippen LogP contribution is -2.16. The molecule has 0 saturated carbocycles. The van der Waals surface area contributed by atoms with Crippen LogP contribution in [0.25, 0.3) is 5.65 Å². The van der Waals surface area contributed by atoms with E-state index in [1.165, 1.54) is 6.20 Å². The normalized spacial score (nSPS) is 11.5. The third kappa shape index (κ3) is 3.07. The van der Waals surface area contributed by atoms with Crippen LogP contribution in [-0.4, -0.2) is 17.8 Å². The monoisotopic (exact) mass is 400 g/mol. The number of rotatable bonds is 4. The Bertz CT molecular complexity index is 1170. The molecule has 0 aliphatic heterocycles. The second kappa shape index (κ2) is 6.51. The molecule has 0 aliphatic rings. The van der Waals surface area contributed by atoms with Crippen LogP contribution in [0.4, 0.5) is 18.9 Å². The van der Waals surface area contributed by atoms with Crippen LogP contribution in [0.3, 0.4) is 0 Å². The summed E-state index contributed by atoms with van der Waals surface area (Å²) in [5, 5.41) is 7.81. The fourth-order valence-electron chi connectivity index (χ4n) is 2.25. The molecule has 1 aromatic carbocycles. The van der Waals surface area contributed by atoms with E-state index in [2.05, 4.69) is 4.98 Å². The van der Waals surface area contributed by atoms with Crippen LogP contribution in [0, 0.1) is 28.8 Å². The lowest BCUT2D eigenvalue weighted by atomic mass is 10.1. The number of hydrogen-bond acceptors (Lipinski definition) is 4. The zero-order valence-electron chi connectivity index (χ0n) is 12.7. The zero-order valence-corrected chi connectivity index (χ0v) is 14.2. The summed E-state index contributed by atoms with van der Waals surface area (Å²) in [4.78, 5) is 3.65. The number of fused-ring (bicyclic) bond motifs is 1. The van der Waals surface area contributed by atoms with Crippen LogP contribution in [0.1, 0.15) is 5.56 Å². The van der Waals surface area contributed by atoms with E-state index >= 15 is 0 Å². The maximum atomic E-state index is 14.1. The van der Waals surface area contributed by atoms with Crippen molar-refractivity contribution in [2.24, 2.45) is 0 Å². The van der Waals surface area contributed by atoms with Gasteiger partial charge in [0, 0.05) is 17.8 Å². The quantitative estimate of drug-likeness (QED) is 0.728. The summed E-state index contributed by atoms with van der Waals surface area (Å²) in [5.74, 6) is -2.93. The van der Waals surface area contributed by atoms with Gasteiger partial charge in [-0.15, -0.1) is 0 Å². The van der Waals surface area contributed by atoms with Gasteiger partial charge in [-0.1, -0.05) is 11.6 Å². The second-order valence-electron chi connectivity index (χ2n) is 5.13. The van der Waals surface area contributed by atoms with Crippen LogP contribution >= 0.6 is 11.6 Å². The van der Waals surface area contributed by atoms with Crippen molar-refractivity contribution >= 4 is 33.0 Å². The van der Waals surface area contributed by atoms with E-state index in [9.17, 15) is 21.6 Å². The minimum absolute atomic E-state index is 0.209. The van der Waals surface area contributed by atoms with E-state index in [-0.39, 0.29) is 22.7 Å². The Hall–Kier alpha value is -2.77. The third-order valence-corrected chi connectivity index (χ3v) is 5.10. The van der Waals surface area contributed by atoms with Crippen molar-refractivity contribution in [1.82, 2.24) is 9.38 Å². The first kappa shape index (κ1) is 18.0. The van der Waals surface area contributed by atoms with E-state index < -0.39 is 38.2 Å². The number of halogens is 4. The largest absolute Gasteiger partial charge is 0.286 e. The summed E-state index contributed by atoms with van der Waals surface area (Å²) >= 11 is 5.61. The predicted molar refractivity (Wildman–Crippen MR) is 86.6 cm³/mol. The van der Waals surface area contributed by atoms with Crippen molar-refractivity contribution in [1.29, 1.82) is 5.26 Å². The number of hydrogen-bond donors (Lipinski definition) is 1. The van der Waals surface area contributed by atoms with Crippen molar-refractivity contribution in [2.75, 3.05) is 4.72 Å². The number of nitriles is 1. The van der Waals surface area contributed by atoms with E-state index in [0.29, 0.717) is 6.07 Å². The SMILES string of the molecule is N#CCc1cc(F)c(NS(=O)(=O)c2cnc3c(F)c(Cl)ccn23)cc1F. The highest BCUT2D eigenvalue weighted by Gasteiger charge is 2.23. The predicted octanol–water partition coefficient (Wildman–Crippen LogP) is 3.27. The summed E-state index contributed by atoms with van der Waals surface area (Å²) in [6.45, 7) is 0. The molecule has 3 rings (SSSR count). The van der Waals surface area contributed by atoms with Crippen molar-refractivity contribution in [3.8, 4) is 6.07 Å². The summed E-state index contributed by atoms with van der Waals surface area (Å²) < 4.78 is 69.5. The lowest BCUT2D eigenvalue weighted by Gasteiger charge is -2.10. The molecule has 0 aliphatic carbocycles. The lowest BCUT2D eigenvalue weighted by molar-refractivity contribution is 0.586. The molecule has 2 heterocycles. The molecule has 134 valence electrons. The summed E-state index contributed by atoms with van der Waals surface area (Å²) in [5.41, 5.74) is -1.21. The summed E-state index contributed by atoms with van der Waals surface area (Å²) in [6, 6.07) is 4.15. The zero-order chi connectivity index (χ0) is 19.1. The Labute approximate surface area is 150 Å². The maximum Gasteiger partial charge on any atom is 0.279 e. The highest BCUT2D eigenvalue weighted by Crippen LogP contribution is 2.25. The third-order valence-electron chi connectivity index (χ3n) is 3.46. The van der Waals surface area contributed by atoms with Gasteiger partial charge in [-0.2, -0.15) is 13.7 Å². The molecule has 0 fully saturated rings. The van der Waals surface area contributed by atoms with Gasteiger partial charge in [0.05, 0.1) is 29.4 Å². The van der Waals surface area contributed by atoms with Gasteiger partial charge in [0.25, 0.3) is 10.0 Å².